The lowest BCUT2D eigenvalue weighted by Gasteiger charge is -1.98. The van der Waals surface area contributed by atoms with Gasteiger partial charge in [0.15, 0.2) is 0 Å². The molecule has 4 heteroatoms. The first kappa shape index (κ1) is 12.9. The highest BCUT2D eigenvalue weighted by Gasteiger charge is 2.10. The second kappa shape index (κ2) is 5.90. The van der Waals surface area contributed by atoms with Crippen LogP contribution < -0.4 is 0 Å². The highest BCUT2D eigenvalue weighted by atomic mass is 79.9. The van der Waals surface area contributed by atoms with E-state index in [1.54, 1.807) is 23.1 Å². The SMILES string of the molecule is Brc1cc(-c2ccccn2)sc1Sc1ccccc1. The largest absolute Gasteiger partial charge is 0.255 e. The molecule has 0 aliphatic heterocycles. The highest BCUT2D eigenvalue weighted by Crippen LogP contribution is 2.42. The summed E-state index contributed by atoms with van der Waals surface area (Å²) in [5.74, 6) is 0. The number of benzene rings is 1. The Morgan fingerprint density at radius 2 is 1.79 bits per heavy atom. The van der Waals surface area contributed by atoms with Crippen molar-refractivity contribution in [3.8, 4) is 10.6 Å². The van der Waals surface area contributed by atoms with E-state index in [1.165, 1.54) is 14.0 Å². The van der Waals surface area contributed by atoms with Crippen LogP contribution in [0.25, 0.3) is 10.6 Å². The summed E-state index contributed by atoms with van der Waals surface area (Å²) in [6.45, 7) is 0. The molecule has 3 rings (SSSR count). The lowest BCUT2D eigenvalue weighted by atomic mass is 10.3. The van der Waals surface area contributed by atoms with Gasteiger partial charge in [-0.1, -0.05) is 36.0 Å². The van der Waals surface area contributed by atoms with Crippen LogP contribution in [-0.2, 0) is 0 Å². The smallest absolute Gasteiger partial charge is 0.0802 e. The van der Waals surface area contributed by atoms with E-state index in [-0.39, 0.29) is 0 Å². The van der Waals surface area contributed by atoms with Crippen LogP contribution in [0.5, 0.6) is 0 Å². The second-order valence-electron chi connectivity index (χ2n) is 3.88. The summed E-state index contributed by atoms with van der Waals surface area (Å²) in [6, 6.07) is 18.5. The molecule has 0 saturated heterocycles. The second-order valence-corrected chi connectivity index (χ2v) is 7.12. The first-order chi connectivity index (χ1) is 9.33. The van der Waals surface area contributed by atoms with Crippen LogP contribution in [0.15, 0.2) is 74.4 Å². The van der Waals surface area contributed by atoms with Crippen LogP contribution in [0.4, 0.5) is 0 Å². The molecule has 2 aromatic heterocycles. The molecule has 0 amide bonds. The van der Waals surface area contributed by atoms with Crippen LogP contribution in [0.1, 0.15) is 0 Å². The Kier molecular flexibility index (Phi) is 4.01. The van der Waals surface area contributed by atoms with E-state index in [2.05, 4.69) is 51.2 Å². The number of thiophene rings is 1. The summed E-state index contributed by atoms with van der Waals surface area (Å²) in [5.41, 5.74) is 1.02. The fraction of sp³-hybridized carbons (Fsp3) is 0. The molecule has 0 aliphatic carbocycles. The predicted octanol–water partition coefficient (Wildman–Crippen LogP) is 5.72. The van der Waals surface area contributed by atoms with Crippen LogP contribution in [0, 0.1) is 0 Å². The van der Waals surface area contributed by atoms with Crippen molar-refractivity contribution in [1.82, 2.24) is 4.98 Å². The monoisotopic (exact) mass is 347 g/mol. The van der Waals surface area contributed by atoms with Crippen LogP contribution in [0.2, 0.25) is 0 Å². The molecular formula is C15H10BrNS2. The van der Waals surface area contributed by atoms with Gasteiger partial charge < -0.3 is 0 Å². The maximum Gasteiger partial charge on any atom is 0.0802 e. The van der Waals surface area contributed by atoms with Gasteiger partial charge in [0.05, 0.1) is 14.8 Å². The first-order valence-electron chi connectivity index (χ1n) is 5.76. The molecule has 0 aliphatic rings. The minimum absolute atomic E-state index is 1.02. The Labute approximate surface area is 128 Å². The molecule has 0 radical (unpaired) electrons. The van der Waals surface area contributed by atoms with E-state index in [0.717, 1.165) is 10.2 Å². The molecule has 0 saturated carbocycles. The maximum atomic E-state index is 4.39. The minimum Gasteiger partial charge on any atom is -0.255 e. The van der Waals surface area contributed by atoms with Gasteiger partial charge in [0.25, 0.3) is 0 Å². The molecule has 19 heavy (non-hydrogen) atoms. The highest BCUT2D eigenvalue weighted by molar-refractivity contribution is 9.10. The van der Waals surface area contributed by atoms with Crippen LogP contribution in [0.3, 0.4) is 0 Å². The van der Waals surface area contributed by atoms with Gasteiger partial charge in [-0.05, 0) is 46.3 Å². The fourth-order valence-electron chi connectivity index (χ4n) is 1.65. The third-order valence-electron chi connectivity index (χ3n) is 2.53. The average Bonchev–Trinajstić information content (AvgIpc) is 2.82. The van der Waals surface area contributed by atoms with Crippen molar-refractivity contribution in [1.29, 1.82) is 0 Å². The number of pyridine rings is 1. The molecular weight excluding hydrogens is 338 g/mol. The summed E-state index contributed by atoms with van der Waals surface area (Å²) in [7, 11) is 0. The van der Waals surface area contributed by atoms with Crippen LogP contribution in [-0.4, -0.2) is 4.98 Å². The minimum atomic E-state index is 1.02. The predicted molar refractivity (Wildman–Crippen MR) is 85.8 cm³/mol. The molecule has 94 valence electrons. The lowest BCUT2D eigenvalue weighted by molar-refractivity contribution is 1.34. The molecule has 0 unspecified atom stereocenters. The van der Waals surface area contributed by atoms with Crippen LogP contribution >= 0.6 is 39.0 Å². The zero-order valence-electron chi connectivity index (χ0n) is 9.92. The van der Waals surface area contributed by atoms with E-state index >= 15 is 0 Å². The Morgan fingerprint density at radius 1 is 1.00 bits per heavy atom. The van der Waals surface area contributed by atoms with Crippen molar-refractivity contribution in [2.24, 2.45) is 0 Å². The zero-order valence-corrected chi connectivity index (χ0v) is 13.1. The summed E-state index contributed by atoms with van der Waals surface area (Å²) >= 11 is 7.17. The van der Waals surface area contributed by atoms with Crippen molar-refractivity contribution in [3.63, 3.8) is 0 Å². The van der Waals surface area contributed by atoms with Gasteiger partial charge in [-0.15, -0.1) is 11.3 Å². The van der Waals surface area contributed by atoms with Gasteiger partial charge in [-0.3, -0.25) is 4.98 Å². The van der Waals surface area contributed by atoms with Gasteiger partial charge in [-0.2, -0.15) is 0 Å². The van der Waals surface area contributed by atoms with E-state index in [1.807, 2.05) is 30.5 Å². The first-order valence-corrected chi connectivity index (χ1v) is 8.19. The number of rotatable bonds is 3. The Balaban J connectivity index is 1.90. The molecule has 0 fully saturated rings. The topological polar surface area (TPSA) is 12.9 Å². The molecule has 0 atom stereocenters. The summed E-state index contributed by atoms with van der Waals surface area (Å²) in [5, 5.41) is 0. The van der Waals surface area contributed by atoms with Gasteiger partial charge in [0, 0.05) is 15.6 Å². The number of hydrogen-bond acceptors (Lipinski definition) is 3. The normalized spacial score (nSPS) is 10.6. The van der Waals surface area contributed by atoms with Gasteiger partial charge in [0.1, 0.15) is 0 Å². The molecule has 0 N–H and O–H groups in total. The maximum absolute atomic E-state index is 4.39. The third-order valence-corrected chi connectivity index (χ3v) is 6.04. The standard InChI is InChI=1S/C15H10BrNS2/c16-12-10-14(13-8-4-5-9-17-13)19-15(12)18-11-6-2-1-3-7-11/h1-10H. The van der Waals surface area contributed by atoms with Gasteiger partial charge in [0.2, 0.25) is 0 Å². The van der Waals surface area contributed by atoms with Gasteiger partial charge in [-0.25, -0.2) is 0 Å². The summed E-state index contributed by atoms with van der Waals surface area (Å²) in [6.07, 6.45) is 1.83. The van der Waals surface area contributed by atoms with E-state index in [9.17, 15) is 0 Å². The number of halogens is 1. The van der Waals surface area contributed by atoms with E-state index in [0.29, 0.717) is 0 Å². The van der Waals surface area contributed by atoms with Crippen molar-refractivity contribution in [2.45, 2.75) is 9.10 Å². The van der Waals surface area contributed by atoms with Crippen molar-refractivity contribution < 1.29 is 0 Å². The van der Waals surface area contributed by atoms with E-state index in [4.69, 9.17) is 0 Å². The summed E-state index contributed by atoms with van der Waals surface area (Å²) < 4.78 is 2.39. The molecule has 3 aromatic rings. The Morgan fingerprint density at radius 3 is 2.53 bits per heavy atom. The van der Waals surface area contributed by atoms with Gasteiger partial charge >= 0.3 is 0 Å². The fourth-order valence-corrected chi connectivity index (χ4v) is 4.66. The Bertz CT molecular complexity index is 665. The zero-order chi connectivity index (χ0) is 13.1. The summed E-state index contributed by atoms with van der Waals surface area (Å²) in [4.78, 5) is 6.82. The molecule has 2 heterocycles. The van der Waals surface area contributed by atoms with Crippen molar-refractivity contribution >= 4 is 39.0 Å². The Hall–Kier alpha value is -1.10. The van der Waals surface area contributed by atoms with E-state index < -0.39 is 0 Å². The lowest BCUT2D eigenvalue weighted by Crippen LogP contribution is -1.75. The molecule has 0 bridgehead atoms. The van der Waals surface area contributed by atoms with Crippen molar-refractivity contribution in [3.05, 3.63) is 65.3 Å². The molecule has 1 nitrogen and oxygen atoms in total. The average molecular weight is 348 g/mol. The molecule has 0 spiro atoms. The number of hydrogen-bond donors (Lipinski definition) is 0. The molecule has 1 aromatic carbocycles. The third kappa shape index (κ3) is 3.08. The number of aromatic nitrogens is 1. The quantitative estimate of drug-likeness (QED) is 0.600. The van der Waals surface area contributed by atoms with Crippen molar-refractivity contribution in [2.75, 3.05) is 0 Å². The number of nitrogens with zero attached hydrogens (tertiary/aromatic N) is 1.